The molecule has 3 atom stereocenters. The van der Waals surface area contributed by atoms with E-state index in [1.54, 1.807) is 13.0 Å². The van der Waals surface area contributed by atoms with Crippen LogP contribution < -0.4 is 11.1 Å². The molecule has 0 aromatic heterocycles. The van der Waals surface area contributed by atoms with Gasteiger partial charge < -0.3 is 11.1 Å². The zero-order valence-corrected chi connectivity index (χ0v) is 13.7. The van der Waals surface area contributed by atoms with Gasteiger partial charge in [-0.1, -0.05) is 24.6 Å². The van der Waals surface area contributed by atoms with Crippen LogP contribution in [0.3, 0.4) is 0 Å². The van der Waals surface area contributed by atoms with Crippen molar-refractivity contribution in [1.29, 1.82) is 0 Å². The molecule has 0 saturated heterocycles. The lowest BCUT2D eigenvalue weighted by Gasteiger charge is -2.21. The van der Waals surface area contributed by atoms with Gasteiger partial charge in [0, 0.05) is 12.5 Å². The van der Waals surface area contributed by atoms with Crippen molar-refractivity contribution in [2.45, 2.75) is 50.9 Å². The molecule has 0 aliphatic heterocycles. The van der Waals surface area contributed by atoms with Crippen molar-refractivity contribution in [3.63, 3.8) is 0 Å². The van der Waals surface area contributed by atoms with Gasteiger partial charge in [0.2, 0.25) is 5.91 Å². The van der Waals surface area contributed by atoms with Crippen LogP contribution in [0.25, 0.3) is 0 Å². The number of nitrogens with two attached hydrogens (primary N) is 1. The van der Waals surface area contributed by atoms with Crippen LogP contribution in [-0.2, 0) is 11.0 Å². The summed E-state index contributed by atoms with van der Waals surface area (Å²) < 4.78 is 39.0. The lowest BCUT2D eigenvalue weighted by Crippen LogP contribution is -2.33. The van der Waals surface area contributed by atoms with Crippen molar-refractivity contribution >= 4 is 18.3 Å². The highest BCUT2D eigenvalue weighted by Gasteiger charge is 2.34. The minimum absolute atomic E-state index is 0. The van der Waals surface area contributed by atoms with E-state index in [2.05, 4.69) is 5.32 Å². The number of rotatable bonds is 4. The highest BCUT2D eigenvalue weighted by atomic mass is 35.5. The molecule has 1 saturated carbocycles. The van der Waals surface area contributed by atoms with Gasteiger partial charge in [-0.05, 0) is 37.3 Å². The largest absolute Gasteiger partial charge is 0.416 e. The first-order chi connectivity index (χ1) is 10.3. The van der Waals surface area contributed by atoms with Crippen molar-refractivity contribution in [3.8, 4) is 0 Å². The number of halogens is 4. The molecule has 1 aliphatic carbocycles. The lowest BCUT2D eigenvalue weighted by atomic mass is 9.98. The predicted molar refractivity (Wildman–Crippen MR) is 85.2 cm³/mol. The number of carbonyl (C=O) groups is 1. The van der Waals surface area contributed by atoms with Gasteiger partial charge in [0.1, 0.15) is 0 Å². The first-order valence-corrected chi connectivity index (χ1v) is 7.50. The fourth-order valence-electron chi connectivity index (χ4n) is 3.07. The Bertz CT molecular complexity index is 536. The van der Waals surface area contributed by atoms with Gasteiger partial charge in [-0.2, -0.15) is 13.2 Å². The van der Waals surface area contributed by atoms with Gasteiger partial charge in [-0.3, -0.25) is 4.79 Å². The third-order valence-corrected chi connectivity index (χ3v) is 4.28. The average Bonchev–Trinajstić information content (AvgIpc) is 2.83. The molecule has 3 nitrogen and oxygen atoms in total. The number of hydrogen-bond acceptors (Lipinski definition) is 2. The van der Waals surface area contributed by atoms with Gasteiger partial charge in [0.05, 0.1) is 11.6 Å². The molecule has 3 N–H and O–H groups in total. The highest BCUT2D eigenvalue weighted by Crippen LogP contribution is 2.34. The third-order valence-electron chi connectivity index (χ3n) is 4.28. The average molecular weight is 351 g/mol. The van der Waals surface area contributed by atoms with E-state index in [0.717, 1.165) is 25.3 Å². The molecular weight excluding hydrogens is 329 g/mol. The zero-order chi connectivity index (χ0) is 16.3. The summed E-state index contributed by atoms with van der Waals surface area (Å²) in [6.07, 6.45) is -1.33. The maximum absolute atomic E-state index is 13.0. The van der Waals surface area contributed by atoms with Crippen LogP contribution >= 0.6 is 12.4 Å². The standard InChI is InChI=1S/C16H21F3N2O.ClH/c1-10(12-6-2-3-7-13(12)16(17,18)19)21-15(22)9-11-5-4-8-14(11)20;/h2-3,6-7,10-11,14H,4-5,8-9,20H2,1H3,(H,21,22);1H/t10?,11-,14+;/m0./s1. The predicted octanol–water partition coefficient (Wildman–Crippen LogP) is 3.82. The molecule has 2 rings (SSSR count). The Kier molecular flexibility index (Phi) is 6.89. The minimum atomic E-state index is -4.43. The second-order valence-corrected chi connectivity index (χ2v) is 5.93. The second kappa shape index (κ2) is 8.02. The Morgan fingerprint density at radius 2 is 2.00 bits per heavy atom. The molecule has 0 heterocycles. The van der Waals surface area contributed by atoms with Crippen molar-refractivity contribution in [2.75, 3.05) is 0 Å². The highest BCUT2D eigenvalue weighted by molar-refractivity contribution is 5.85. The van der Waals surface area contributed by atoms with Gasteiger partial charge in [0.15, 0.2) is 0 Å². The van der Waals surface area contributed by atoms with E-state index >= 15 is 0 Å². The van der Waals surface area contributed by atoms with E-state index < -0.39 is 17.8 Å². The Morgan fingerprint density at radius 1 is 1.35 bits per heavy atom. The van der Waals surface area contributed by atoms with Crippen LogP contribution in [0.4, 0.5) is 13.2 Å². The SMILES string of the molecule is CC(NC(=O)C[C@@H]1CCC[C@H]1N)c1ccccc1C(F)(F)F.Cl. The summed E-state index contributed by atoms with van der Waals surface area (Å²) in [7, 11) is 0. The van der Waals surface area contributed by atoms with E-state index in [0.29, 0.717) is 0 Å². The number of amides is 1. The smallest absolute Gasteiger partial charge is 0.350 e. The monoisotopic (exact) mass is 350 g/mol. The molecule has 130 valence electrons. The molecule has 0 spiro atoms. The van der Waals surface area contributed by atoms with E-state index in [4.69, 9.17) is 5.73 Å². The summed E-state index contributed by atoms with van der Waals surface area (Å²) in [6.45, 7) is 1.57. The first-order valence-electron chi connectivity index (χ1n) is 7.50. The first kappa shape index (κ1) is 19.8. The van der Waals surface area contributed by atoms with Crippen molar-refractivity contribution < 1.29 is 18.0 Å². The van der Waals surface area contributed by atoms with Crippen LogP contribution in [0.2, 0.25) is 0 Å². The molecule has 7 heteroatoms. The fourth-order valence-corrected chi connectivity index (χ4v) is 3.07. The van der Waals surface area contributed by atoms with Crippen LogP contribution in [0.5, 0.6) is 0 Å². The quantitative estimate of drug-likeness (QED) is 0.867. The van der Waals surface area contributed by atoms with Gasteiger partial charge in [0.25, 0.3) is 0 Å². The summed E-state index contributed by atoms with van der Waals surface area (Å²) in [4.78, 5) is 12.0. The maximum Gasteiger partial charge on any atom is 0.416 e. The van der Waals surface area contributed by atoms with Crippen LogP contribution in [0, 0.1) is 5.92 Å². The molecule has 23 heavy (non-hydrogen) atoms. The molecular formula is C16H22ClF3N2O. The summed E-state index contributed by atoms with van der Waals surface area (Å²) in [5, 5.41) is 2.66. The van der Waals surface area contributed by atoms with E-state index in [1.807, 2.05) is 0 Å². The topological polar surface area (TPSA) is 55.1 Å². The van der Waals surface area contributed by atoms with Gasteiger partial charge >= 0.3 is 6.18 Å². The number of alkyl halides is 3. The van der Waals surface area contributed by atoms with E-state index in [1.165, 1.54) is 12.1 Å². The van der Waals surface area contributed by atoms with Gasteiger partial charge in [-0.25, -0.2) is 0 Å². The van der Waals surface area contributed by atoms with Crippen molar-refractivity contribution in [1.82, 2.24) is 5.32 Å². The summed E-state index contributed by atoms with van der Waals surface area (Å²) in [5.74, 6) is -0.114. The van der Waals surface area contributed by atoms with Gasteiger partial charge in [-0.15, -0.1) is 12.4 Å². The summed E-state index contributed by atoms with van der Waals surface area (Å²) in [6, 6.07) is 4.64. The Labute approximate surface area is 140 Å². The number of carbonyl (C=O) groups excluding carboxylic acids is 1. The van der Waals surface area contributed by atoms with Crippen LogP contribution in [0.1, 0.15) is 49.8 Å². The number of benzene rings is 1. The molecule has 1 aromatic rings. The normalized spacial score (nSPS) is 22.3. The molecule has 1 aromatic carbocycles. The Morgan fingerprint density at radius 3 is 2.57 bits per heavy atom. The van der Waals surface area contributed by atoms with Crippen LogP contribution in [-0.4, -0.2) is 11.9 Å². The van der Waals surface area contributed by atoms with E-state index in [9.17, 15) is 18.0 Å². The Balaban J connectivity index is 0.00000264. The summed E-state index contributed by atoms with van der Waals surface area (Å²) >= 11 is 0. The summed E-state index contributed by atoms with van der Waals surface area (Å²) in [5.41, 5.74) is 5.30. The molecule has 0 radical (unpaired) electrons. The fraction of sp³-hybridized carbons (Fsp3) is 0.562. The van der Waals surface area contributed by atoms with E-state index in [-0.39, 0.29) is 42.3 Å². The molecule has 0 bridgehead atoms. The maximum atomic E-state index is 13.0. The molecule has 1 amide bonds. The molecule has 1 unspecified atom stereocenters. The molecule has 1 fully saturated rings. The van der Waals surface area contributed by atoms with Crippen LogP contribution in [0.15, 0.2) is 24.3 Å². The molecule has 1 aliphatic rings. The second-order valence-electron chi connectivity index (χ2n) is 5.93. The number of nitrogens with one attached hydrogen (secondary N) is 1. The lowest BCUT2D eigenvalue weighted by molar-refractivity contribution is -0.138. The number of hydrogen-bond donors (Lipinski definition) is 2. The minimum Gasteiger partial charge on any atom is -0.350 e. The van der Waals surface area contributed by atoms with Crippen molar-refractivity contribution in [2.24, 2.45) is 11.7 Å². The Hall–Kier alpha value is -1.27. The third kappa shape index (κ3) is 5.11. The van der Waals surface area contributed by atoms with Crippen molar-refractivity contribution in [3.05, 3.63) is 35.4 Å². The zero-order valence-electron chi connectivity index (χ0n) is 12.9.